The van der Waals surface area contributed by atoms with E-state index in [4.69, 9.17) is 17.3 Å². The van der Waals surface area contributed by atoms with Crippen molar-refractivity contribution >= 4 is 11.6 Å². The molecule has 0 amide bonds. The molecule has 2 rings (SSSR count). The van der Waals surface area contributed by atoms with Crippen molar-refractivity contribution in [2.45, 2.75) is 19.4 Å². The quantitative estimate of drug-likeness (QED) is 0.903. The Kier molecular flexibility index (Phi) is 3.77. The summed E-state index contributed by atoms with van der Waals surface area (Å²) in [7, 11) is 0. The van der Waals surface area contributed by atoms with E-state index in [0.29, 0.717) is 0 Å². The SMILES string of the molecule is Cc1cc(Cl)ccc1C(N)Cc1cccnc1. The molecule has 0 saturated carbocycles. The van der Waals surface area contributed by atoms with Gasteiger partial charge in [-0.05, 0) is 48.2 Å². The summed E-state index contributed by atoms with van der Waals surface area (Å²) in [6, 6.07) is 9.78. The van der Waals surface area contributed by atoms with Crippen LogP contribution in [0.2, 0.25) is 5.02 Å². The van der Waals surface area contributed by atoms with E-state index in [0.717, 1.165) is 28.1 Å². The highest BCUT2D eigenvalue weighted by molar-refractivity contribution is 6.30. The molecular weight excluding hydrogens is 232 g/mol. The van der Waals surface area contributed by atoms with Crippen LogP contribution in [0.5, 0.6) is 0 Å². The second-order valence-electron chi connectivity index (χ2n) is 4.17. The van der Waals surface area contributed by atoms with E-state index in [-0.39, 0.29) is 6.04 Å². The van der Waals surface area contributed by atoms with Crippen LogP contribution in [0.3, 0.4) is 0 Å². The molecule has 1 aromatic carbocycles. The molecule has 0 aliphatic carbocycles. The van der Waals surface area contributed by atoms with E-state index in [1.807, 2.05) is 43.5 Å². The molecule has 2 nitrogen and oxygen atoms in total. The summed E-state index contributed by atoms with van der Waals surface area (Å²) in [5, 5.41) is 0.750. The van der Waals surface area contributed by atoms with Gasteiger partial charge in [0.25, 0.3) is 0 Å². The number of rotatable bonds is 3. The molecule has 0 spiro atoms. The summed E-state index contributed by atoms with van der Waals surface area (Å²) in [5.41, 5.74) is 9.63. The van der Waals surface area contributed by atoms with Gasteiger partial charge in [-0.25, -0.2) is 0 Å². The molecule has 2 aromatic rings. The van der Waals surface area contributed by atoms with Crippen molar-refractivity contribution in [2.75, 3.05) is 0 Å². The van der Waals surface area contributed by atoms with Gasteiger partial charge < -0.3 is 5.73 Å². The second kappa shape index (κ2) is 5.30. The minimum Gasteiger partial charge on any atom is -0.324 e. The Balaban J connectivity index is 2.17. The first-order chi connectivity index (χ1) is 8.16. The normalized spacial score (nSPS) is 12.4. The highest BCUT2D eigenvalue weighted by Crippen LogP contribution is 2.22. The fourth-order valence-electron chi connectivity index (χ4n) is 1.94. The van der Waals surface area contributed by atoms with Gasteiger partial charge in [0.15, 0.2) is 0 Å². The number of halogens is 1. The molecule has 3 heteroatoms. The summed E-state index contributed by atoms with van der Waals surface area (Å²) >= 11 is 5.93. The Bertz CT molecular complexity index is 497. The molecule has 88 valence electrons. The first-order valence-electron chi connectivity index (χ1n) is 5.57. The molecule has 17 heavy (non-hydrogen) atoms. The molecule has 1 heterocycles. The maximum Gasteiger partial charge on any atom is 0.0408 e. The zero-order valence-corrected chi connectivity index (χ0v) is 10.5. The maximum absolute atomic E-state index is 6.21. The minimum absolute atomic E-state index is 0.0172. The van der Waals surface area contributed by atoms with Crippen LogP contribution < -0.4 is 5.73 Å². The average molecular weight is 247 g/mol. The van der Waals surface area contributed by atoms with Gasteiger partial charge >= 0.3 is 0 Å². The highest BCUT2D eigenvalue weighted by Gasteiger charge is 2.10. The van der Waals surface area contributed by atoms with Gasteiger partial charge in [0.05, 0.1) is 0 Å². The smallest absolute Gasteiger partial charge is 0.0408 e. The number of nitrogens with zero attached hydrogens (tertiary/aromatic N) is 1. The Morgan fingerprint density at radius 1 is 1.35 bits per heavy atom. The maximum atomic E-state index is 6.21. The summed E-state index contributed by atoms with van der Waals surface area (Å²) in [5.74, 6) is 0. The van der Waals surface area contributed by atoms with Crippen molar-refractivity contribution in [2.24, 2.45) is 5.73 Å². The van der Waals surface area contributed by atoms with Crippen LogP contribution in [0.25, 0.3) is 0 Å². The molecule has 0 bridgehead atoms. The van der Waals surface area contributed by atoms with Crippen LogP contribution in [0.1, 0.15) is 22.7 Å². The number of aryl methyl sites for hydroxylation is 1. The van der Waals surface area contributed by atoms with Gasteiger partial charge in [0.2, 0.25) is 0 Å². The van der Waals surface area contributed by atoms with Crippen molar-refractivity contribution in [1.29, 1.82) is 0 Å². The van der Waals surface area contributed by atoms with Gasteiger partial charge in [-0.1, -0.05) is 23.7 Å². The fourth-order valence-corrected chi connectivity index (χ4v) is 2.16. The monoisotopic (exact) mass is 246 g/mol. The van der Waals surface area contributed by atoms with Crippen LogP contribution in [0.4, 0.5) is 0 Å². The summed E-state index contributed by atoms with van der Waals surface area (Å²) in [6.07, 6.45) is 4.41. The Hall–Kier alpha value is -1.38. The largest absolute Gasteiger partial charge is 0.324 e. The Morgan fingerprint density at radius 3 is 2.82 bits per heavy atom. The van der Waals surface area contributed by atoms with Crippen LogP contribution in [-0.2, 0) is 6.42 Å². The number of aromatic nitrogens is 1. The lowest BCUT2D eigenvalue weighted by atomic mass is 9.97. The molecule has 0 aliphatic heterocycles. The molecule has 1 atom stereocenters. The van der Waals surface area contributed by atoms with E-state index >= 15 is 0 Å². The average Bonchev–Trinajstić information content (AvgIpc) is 2.30. The zero-order valence-electron chi connectivity index (χ0n) is 9.73. The molecule has 2 N–H and O–H groups in total. The van der Waals surface area contributed by atoms with Crippen LogP contribution in [-0.4, -0.2) is 4.98 Å². The summed E-state index contributed by atoms with van der Waals surface area (Å²) < 4.78 is 0. The first kappa shape index (κ1) is 12.1. The molecule has 1 unspecified atom stereocenters. The lowest BCUT2D eigenvalue weighted by molar-refractivity contribution is 0.714. The predicted octanol–water partition coefficient (Wildman–Crippen LogP) is 3.29. The Labute approximate surface area is 106 Å². The molecule has 0 fully saturated rings. The number of hydrogen-bond acceptors (Lipinski definition) is 2. The highest BCUT2D eigenvalue weighted by atomic mass is 35.5. The number of nitrogens with two attached hydrogens (primary N) is 1. The molecule has 1 aromatic heterocycles. The fraction of sp³-hybridized carbons (Fsp3) is 0.214. The molecule has 0 saturated heterocycles. The van der Waals surface area contributed by atoms with Crippen molar-refractivity contribution in [3.8, 4) is 0 Å². The van der Waals surface area contributed by atoms with E-state index < -0.39 is 0 Å². The van der Waals surface area contributed by atoms with Gasteiger partial charge in [0, 0.05) is 23.5 Å². The molecule has 0 radical (unpaired) electrons. The zero-order chi connectivity index (χ0) is 12.3. The van der Waals surface area contributed by atoms with E-state index in [9.17, 15) is 0 Å². The van der Waals surface area contributed by atoms with E-state index in [1.54, 1.807) is 6.20 Å². The van der Waals surface area contributed by atoms with E-state index in [2.05, 4.69) is 4.98 Å². The van der Waals surface area contributed by atoms with Crippen molar-refractivity contribution < 1.29 is 0 Å². The lowest BCUT2D eigenvalue weighted by Gasteiger charge is -2.14. The third-order valence-corrected chi connectivity index (χ3v) is 3.04. The molecular formula is C14H15ClN2. The second-order valence-corrected chi connectivity index (χ2v) is 4.61. The van der Waals surface area contributed by atoms with E-state index in [1.165, 1.54) is 0 Å². The summed E-state index contributed by atoms with van der Waals surface area (Å²) in [6.45, 7) is 2.03. The number of benzene rings is 1. The first-order valence-corrected chi connectivity index (χ1v) is 5.95. The van der Waals surface area contributed by atoms with Crippen molar-refractivity contribution in [1.82, 2.24) is 4.98 Å². The standard InChI is InChI=1S/C14H15ClN2/c1-10-7-12(15)4-5-13(10)14(16)8-11-3-2-6-17-9-11/h2-7,9,14H,8,16H2,1H3. The van der Waals surface area contributed by atoms with Crippen LogP contribution >= 0.6 is 11.6 Å². The Morgan fingerprint density at radius 2 is 2.18 bits per heavy atom. The lowest BCUT2D eigenvalue weighted by Crippen LogP contribution is -2.14. The third kappa shape index (κ3) is 3.05. The van der Waals surface area contributed by atoms with Gasteiger partial charge in [-0.2, -0.15) is 0 Å². The van der Waals surface area contributed by atoms with Crippen LogP contribution in [0.15, 0.2) is 42.7 Å². The number of hydrogen-bond donors (Lipinski definition) is 1. The minimum atomic E-state index is -0.0172. The van der Waals surface area contributed by atoms with Gasteiger partial charge in [-0.3, -0.25) is 4.98 Å². The van der Waals surface area contributed by atoms with Crippen LogP contribution in [0, 0.1) is 6.92 Å². The third-order valence-electron chi connectivity index (χ3n) is 2.81. The predicted molar refractivity (Wildman–Crippen MR) is 71.1 cm³/mol. The summed E-state index contributed by atoms with van der Waals surface area (Å²) in [4.78, 5) is 4.09. The molecule has 0 aliphatic rings. The number of pyridine rings is 1. The van der Waals surface area contributed by atoms with Crippen molar-refractivity contribution in [3.63, 3.8) is 0 Å². The van der Waals surface area contributed by atoms with Gasteiger partial charge in [-0.15, -0.1) is 0 Å². The topological polar surface area (TPSA) is 38.9 Å². The van der Waals surface area contributed by atoms with Gasteiger partial charge in [0.1, 0.15) is 0 Å². The van der Waals surface area contributed by atoms with Crippen molar-refractivity contribution in [3.05, 3.63) is 64.4 Å².